The fourth-order valence-corrected chi connectivity index (χ4v) is 1.46. The Morgan fingerprint density at radius 3 is 2.42 bits per heavy atom. The molecule has 0 fully saturated rings. The Hall–Kier alpha value is -1.63. The van der Waals surface area contributed by atoms with Crippen LogP contribution in [-0.2, 0) is 9.53 Å². The molecule has 0 bridgehead atoms. The number of esters is 1. The Labute approximate surface area is 111 Å². The number of ether oxygens (including phenoxy) is 2. The summed E-state index contributed by atoms with van der Waals surface area (Å²) in [6, 6.07) is 6.21. The van der Waals surface area contributed by atoms with Crippen LogP contribution in [0.2, 0.25) is 0 Å². The summed E-state index contributed by atoms with van der Waals surface area (Å²) in [6.07, 6.45) is -2.98. The van der Waals surface area contributed by atoms with Crippen LogP contribution in [-0.4, -0.2) is 47.2 Å². The van der Waals surface area contributed by atoms with Crippen molar-refractivity contribution in [3.8, 4) is 5.75 Å². The molecule has 0 radical (unpaired) electrons. The Bertz CT molecular complexity index is 389. The van der Waals surface area contributed by atoms with E-state index >= 15 is 0 Å². The van der Waals surface area contributed by atoms with Crippen molar-refractivity contribution in [2.24, 2.45) is 0 Å². The molecule has 2 atom stereocenters. The predicted octanol–water partition coefficient (Wildman–Crippen LogP) is 0.0151. The first-order valence-corrected chi connectivity index (χ1v) is 5.96. The van der Waals surface area contributed by atoms with Gasteiger partial charge in [-0.1, -0.05) is 12.1 Å². The van der Waals surface area contributed by atoms with Crippen molar-refractivity contribution in [3.05, 3.63) is 29.8 Å². The largest absolute Gasteiger partial charge is 0.491 e. The molecule has 6 nitrogen and oxygen atoms in total. The third-order valence-electron chi connectivity index (χ3n) is 2.41. The second-order valence-electron chi connectivity index (χ2n) is 3.78. The summed E-state index contributed by atoms with van der Waals surface area (Å²) in [7, 11) is 0. The van der Waals surface area contributed by atoms with E-state index < -0.39 is 18.2 Å². The maximum absolute atomic E-state index is 11.3. The van der Waals surface area contributed by atoms with Gasteiger partial charge in [-0.15, -0.1) is 0 Å². The summed E-state index contributed by atoms with van der Waals surface area (Å²) >= 11 is 0. The molecule has 3 N–H and O–H groups in total. The minimum Gasteiger partial charge on any atom is -0.491 e. The first-order chi connectivity index (χ1) is 9.10. The van der Waals surface area contributed by atoms with Gasteiger partial charge in [-0.2, -0.15) is 0 Å². The molecule has 2 unspecified atom stereocenters. The van der Waals surface area contributed by atoms with E-state index in [0.717, 1.165) is 0 Å². The van der Waals surface area contributed by atoms with Crippen molar-refractivity contribution < 1.29 is 29.6 Å². The molecule has 1 rings (SSSR count). The monoisotopic (exact) mass is 270 g/mol. The van der Waals surface area contributed by atoms with E-state index in [-0.39, 0.29) is 19.8 Å². The third-order valence-corrected chi connectivity index (χ3v) is 2.41. The van der Waals surface area contributed by atoms with Crippen molar-refractivity contribution in [3.63, 3.8) is 0 Å². The lowest BCUT2D eigenvalue weighted by Crippen LogP contribution is -2.29. The number of aliphatic hydroxyl groups excluding tert-OH is 3. The zero-order valence-corrected chi connectivity index (χ0v) is 10.7. The maximum atomic E-state index is 11.3. The van der Waals surface area contributed by atoms with Crippen LogP contribution in [0.5, 0.6) is 5.75 Å². The lowest BCUT2D eigenvalue weighted by Gasteiger charge is -2.17. The molecule has 19 heavy (non-hydrogen) atoms. The highest BCUT2D eigenvalue weighted by Crippen LogP contribution is 2.21. The molecule has 6 heteroatoms. The second kappa shape index (κ2) is 7.73. The molecule has 0 heterocycles. The van der Waals surface area contributed by atoms with Gasteiger partial charge in [0, 0.05) is 0 Å². The van der Waals surface area contributed by atoms with Crippen LogP contribution in [0.3, 0.4) is 0 Å². The van der Waals surface area contributed by atoms with E-state index in [1.807, 2.05) is 0 Å². The smallest absolute Gasteiger partial charge is 0.338 e. The van der Waals surface area contributed by atoms with E-state index in [9.17, 15) is 15.0 Å². The molecule has 0 aromatic heterocycles. The molecule has 1 aromatic rings. The van der Waals surface area contributed by atoms with Gasteiger partial charge in [-0.05, 0) is 24.6 Å². The molecular weight excluding hydrogens is 252 g/mol. The number of hydrogen-bond donors (Lipinski definition) is 3. The van der Waals surface area contributed by atoms with E-state index in [2.05, 4.69) is 4.74 Å². The molecule has 0 amide bonds. The van der Waals surface area contributed by atoms with Crippen molar-refractivity contribution >= 4 is 5.97 Å². The van der Waals surface area contributed by atoms with Crippen molar-refractivity contribution in [1.82, 2.24) is 0 Å². The average Bonchev–Trinajstić information content (AvgIpc) is 2.44. The first-order valence-electron chi connectivity index (χ1n) is 5.96. The van der Waals surface area contributed by atoms with Gasteiger partial charge >= 0.3 is 5.97 Å². The molecule has 0 spiro atoms. The lowest BCUT2D eigenvalue weighted by molar-refractivity contribution is -0.159. The zero-order chi connectivity index (χ0) is 14.3. The fraction of sp³-hybridized carbons (Fsp3) is 0.462. The van der Waals surface area contributed by atoms with E-state index in [4.69, 9.17) is 9.84 Å². The van der Waals surface area contributed by atoms with E-state index in [1.54, 1.807) is 19.1 Å². The summed E-state index contributed by atoms with van der Waals surface area (Å²) in [5, 5.41) is 28.0. The van der Waals surface area contributed by atoms with Crippen LogP contribution >= 0.6 is 0 Å². The van der Waals surface area contributed by atoms with Gasteiger partial charge < -0.3 is 24.8 Å². The van der Waals surface area contributed by atoms with Crippen LogP contribution < -0.4 is 4.74 Å². The van der Waals surface area contributed by atoms with Gasteiger partial charge in [0.1, 0.15) is 18.5 Å². The SMILES string of the molecule is CCOC(=O)C(O)C(O)c1ccc(OCCO)cc1. The summed E-state index contributed by atoms with van der Waals surface area (Å²) in [6.45, 7) is 1.83. The molecule has 0 aliphatic rings. The number of carbonyl (C=O) groups is 1. The van der Waals surface area contributed by atoms with Crippen molar-refractivity contribution in [2.45, 2.75) is 19.1 Å². The number of carbonyl (C=O) groups excluding carboxylic acids is 1. The van der Waals surface area contributed by atoms with Crippen LogP contribution in [0.15, 0.2) is 24.3 Å². The second-order valence-corrected chi connectivity index (χ2v) is 3.78. The summed E-state index contributed by atoms with van der Waals surface area (Å²) in [5.74, 6) is -0.341. The minimum absolute atomic E-state index is 0.0913. The van der Waals surface area contributed by atoms with Gasteiger partial charge in [0.15, 0.2) is 6.10 Å². The van der Waals surface area contributed by atoms with Crippen LogP contribution in [0, 0.1) is 0 Å². The number of benzene rings is 1. The summed E-state index contributed by atoms with van der Waals surface area (Å²) < 4.78 is 9.77. The van der Waals surface area contributed by atoms with Crippen LogP contribution in [0.4, 0.5) is 0 Å². The van der Waals surface area contributed by atoms with Crippen LogP contribution in [0.25, 0.3) is 0 Å². The quantitative estimate of drug-likeness (QED) is 0.604. The van der Waals surface area contributed by atoms with Gasteiger partial charge in [-0.3, -0.25) is 0 Å². The highest BCUT2D eigenvalue weighted by molar-refractivity contribution is 5.75. The van der Waals surface area contributed by atoms with Crippen molar-refractivity contribution in [1.29, 1.82) is 0 Å². The number of aliphatic hydroxyl groups is 3. The predicted molar refractivity (Wildman–Crippen MR) is 66.6 cm³/mol. The minimum atomic E-state index is -1.62. The summed E-state index contributed by atoms with van der Waals surface area (Å²) in [5.41, 5.74) is 0.372. The van der Waals surface area contributed by atoms with Gasteiger partial charge in [0.05, 0.1) is 13.2 Å². The topological polar surface area (TPSA) is 96.2 Å². The Morgan fingerprint density at radius 1 is 1.26 bits per heavy atom. The molecular formula is C13H18O6. The van der Waals surface area contributed by atoms with Crippen LogP contribution in [0.1, 0.15) is 18.6 Å². The Balaban J connectivity index is 2.66. The van der Waals surface area contributed by atoms with E-state index in [0.29, 0.717) is 11.3 Å². The standard InChI is InChI=1S/C13H18O6/c1-2-18-13(17)12(16)11(15)9-3-5-10(6-4-9)19-8-7-14/h3-6,11-12,14-16H,2,7-8H2,1H3. The molecule has 0 saturated heterocycles. The van der Waals surface area contributed by atoms with Gasteiger partial charge in [0.25, 0.3) is 0 Å². The highest BCUT2D eigenvalue weighted by atomic mass is 16.5. The highest BCUT2D eigenvalue weighted by Gasteiger charge is 2.26. The van der Waals surface area contributed by atoms with Gasteiger partial charge in [0.2, 0.25) is 0 Å². The Kier molecular flexibility index (Phi) is 6.27. The number of rotatable bonds is 7. The molecule has 0 aliphatic carbocycles. The maximum Gasteiger partial charge on any atom is 0.338 e. The molecule has 1 aromatic carbocycles. The Morgan fingerprint density at radius 2 is 1.89 bits per heavy atom. The molecule has 0 saturated carbocycles. The lowest BCUT2D eigenvalue weighted by atomic mass is 10.0. The average molecular weight is 270 g/mol. The van der Waals surface area contributed by atoms with Crippen molar-refractivity contribution in [2.75, 3.05) is 19.8 Å². The zero-order valence-electron chi connectivity index (χ0n) is 10.7. The molecule has 106 valence electrons. The van der Waals surface area contributed by atoms with Gasteiger partial charge in [-0.25, -0.2) is 4.79 Å². The first kappa shape index (κ1) is 15.4. The number of hydrogen-bond acceptors (Lipinski definition) is 6. The molecule has 0 aliphatic heterocycles. The fourth-order valence-electron chi connectivity index (χ4n) is 1.46. The normalized spacial score (nSPS) is 13.7. The third kappa shape index (κ3) is 4.51. The summed E-state index contributed by atoms with van der Waals surface area (Å²) in [4.78, 5) is 11.3. The van der Waals surface area contributed by atoms with E-state index in [1.165, 1.54) is 12.1 Å².